The molecule has 0 aliphatic heterocycles. The van der Waals surface area contributed by atoms with Gasteiger partial charge >= 0.3 is 0 Å². The second kappa shape index (κ2) is 9.16. The molecule has 3 aromatic carbocycles. The van der Waals surface area contributed by atoms with Crippen LogP contribution in [0.5, 0.6) is 5.75 Å². The maximum absolute atomic E-state index is 13.0. The lowest BCUT2D eigenvalue weighted by atomic mass is 10.1. The average Bonchev–Trinajstić information content (AvgIpc) is 2.72. The monoisotopic (exact) mass is 360 g/mol. The number of nitrogens with zero attached hydrogens (tertiary/aromatic N) is 2. The molecule has 3 rings (SSSR count). The third-order valence-corrected chi connectivity index (χ3v) is 3.85. The Morgan fingerprint density at radius 3 is 2.48 bits per heavy atom. The number of halogens is 1. The first kappa shape index (κ1) is 18.2. The first-order valence-corrected chi connectivity index (χ1v) is 8.36. The van der Waals surface area contributed by atoms with E-state index in [1.165, 1.54) is 12.1 Å². The SMILES string of the molecule is N#Cc1ccccc1CO/N=C\c1ccccc1OCc1ccc(F)cc1. The van der Waals surface area contributed by atoms with Crippen LogP contribution in [0.4, 0.5) is 4.39 Å². The molecule has 5 heteroatoms. The zero-order valence-electron chi connectivity index (χ0n) is 14.5. The zero-order valence-corrected chi connectivity index (χ0v) is 14.5. The van der Waals surface area contributed by atoms with E-state index in [2.05, 4.69) is 11.2 Å². The Bertz CT molecular complexity index is 963. The maximum Gasteiger partial charge on any atom is 0.143 e. The molecule has 0 atom stereocenters. The van der Waals surface area contributed by atoms with Gasteiger partial charge in [0.15, 0.2) is 0 Å². The highest BCUT2D eigenvalue weighted by molar-refractivity contribution is 5.83. The quantitative estimate of drug-likeness (QED) is 0.448. The third-order valence-electron chi connectivity index (χ3n) is 3.85. The topological polar surface area (TPSA) is 54.6 Å². The van der Waals surface area contributed by atoms with E-state index in [1.807, 2.05) is 36.4 Å². The molecule has 0 saturated carbocycles. The summed E-state index contributed by atoms with van der Waals surface area (Å²) in [7, 11) is 0. The van der Waals surface area contributed by atoms with Crippen molar-refractivity contribution in [3.63, 3.8) is 0 Å². The van der Waals surface area contributed by atoms with E-state index in [1.54, 1.807) is 30.5 Å². The minimum absolute atomic E-state index is 0.207. The highest BCUT2D eigenvalue weighted by Crippen LogP contribution is 2.18. The largest absolute Gasteiger partial charge is 0.488 e. The van der Waals surface area contributed by atoms with Gasteiger partial charge in [-0.1, -0.05) is 47.6 Å². The number of ether oxygens (including phenoxy) is 1. The summed E-state index contributed by atoms with van der Waals surface area (Å²) in [6, 6.07) is 22.9. The molecular weight excluding hydrogens is 343 g/mol. The molecule has 134 valence electrons. The van der Waals surface area contributed by atoms with Gasteiger partial charge in [0.1, 0.15) is 24.8 Å². The number of nitriles is 1. The molecule has 3 aromatic rings. The zero-order chi connectivity index (χ0) is 18.9. The van der Waals surface area contributed by atoms with E-state index in [0.717, 1.165) is 16.7 Å². The fourth-order valence-electron chi connectivity index (χ4n) is 2.42. The molecule has 0 fully saturated rings. The summed E-state index contributed by atoms with van der Waals surface area (Å²) in [5.74, 6) is 0.369. The summed E-state index contributed by atoms with van der Waals surface area (Å²) < 4.78 is 18.8. The van der Waals surface area contributed by atoms with Crippen LogP contribution in [0.1, 0.15) is 22.3 Å². The van der Waals surface area contributed by atoms with Crippen LogP contribution in [0.25, 0.3) is 0 Å². The van der Waals surface area contributed by atoms with Crippen LogP contribution in [-0.4, -0.2) is 6.21 Å². The Morgan fingerprint density at radius 1 is 0.926 bits per heavy atom. The lowest BCUT2D eigenvalue weighted by molar-refractivity contribution is 0.132. The first-order valence-electron chi connectivity index (χ1n) is 8.36. The lowest BCUT2D eigenvalue weighted by Crippen LogP contribution is -1.99. The van der Waals surface area contributed by atoms with Crippen molar-refractivity contribution in [2.24, 2.45) is 5.16 Å². The maximum atomic E-state index is 13.0. The van der Waals surface area contributed by atoms with Gasteiger partial charge in [0, 0.05) is 11.1 Å². The Morgan fingerprint density at radius 2 is 1.67 bits per heavy atom. The van der Waals surface area contributed by atoms with Crippen molar-refractivity contribution >= 4 is 6.21 Å². The molecule has 0 amide bonds. The van der Waals surface area contributed by atoms with Crippen molar-refractivity contribution in [2.75, 3.05) is 0 Å². The summed E-state index contributed by atoms with van der Waals surface area (Å²) in [6.45, 7) is 0.528. The number of rotatable bonds is 7. The van der Waals surface area contributed by atoms with Gasteiger partial charge in [0.05, 0.1) is 17.8 Å². The van der Waals surface area contributed by atoms with Crippen molar-refractivity contribution in [1.29, 1.82) is 5.26 Å². The second-order valence-electron chi connectivity index (χ2n) is 5.73. The Hall–Kier alpha value is -3.65. The van der Waals surface area contributed by atoms with Crippen molar-refractivity contribution in [1.82, 2.24) is 0 Å². The van der Waals surface area contributed by atoms with E-state index < -0.39 is 0 Å². The lowest BCUT2D eigenvalue weighted by Gasteiger charge is -2.09. The second-order valence-corrected chi connectivity index (χ2v) is 5.73. The fourth-order valence-corrected chi connectivity index (χ4v) is 2.42. The highest BCUT2D eigenvalue weighted by atomic mass is 19.1. The van der Waals surface area contributed by atoms with Gasteiger partial charge in [-0.3, -0.25) is 0 Å². The smallest absolute Gasteiger partial charge is 0.143 e. The number of oxime groups is 1. The van der Waals surface area contributed by atoms with Crippen LogP contribution in [0, 0.1) is 17.1 Å². The fraction of sp³-hybridized carbons (Fsp3) is 0.0909. The van der Waals surface area contributed by atoms with Gasteiger partial charge in [0.2, 0.25) is 0 Å². The molecule has 4 nitrogen and oxygen atoms in total. The van der Waals surface area contributed by atoms with Crippen molar-refractivity contribution in [2.45, 2.75) is 13.2 Å². The predicted molar refractivity (Wildman–Crippen MR) is 101 cm³/mol. The van der Waals surface area contributed by atoms with E-state index >= 15 is 0 Å². The van der Waals surface area contributed by atoms with E-state index in [-0.39, 0.29) is 12.4 Å². The van der Waals surface area contributed by atoms with Crippen molar-refractivity contribution in [3.05, 3.63) is 101 Å². The first-order chi connectivity index (χ1) is 13.3. The highest BCUT2D eigenvalue weighted by Gasteiger charge is 2.03. The van der Waals surface area contributed by atoms with Gasteiger partial charge in [-0.15, -0.1) is 0 Å². The number of hydrogen-bond donors (Lipinski definition) is 0. The van der Waals surface area contributed by atoms with Gasteiger partial charge in [0.25, 0.3) is 0 Å². The van der Waals surface area contributed by atoms with Crippen LogP contribution in [0.15, 0.2) is 78.0 Å². The van der Waals surface area contributed by atoms with Gasteiger partial charge < -0.3 is 9.57 Å². The number of para-hydroxylation sites is 1. The van der Waals surface area contributed by atoms with Crippen LogP contribution in [0.3, 0.4) is 0 Å². The Balaban J connectivity index is 1.61. The van der Waals surface area contributed by atoms with Crippen LogP contribution >= 0.6 is 0 Å². The molecule has 0 aliphatic carbocycles. The standard InChI is InChI=1S/C22H17FN2O2/c23-21-11-9-17(10-12-21)15-26-22-8-4-3-6-19(22)14-25-27-16-20-7-2-1-5-18(20)13-24/h1-12,14H,15-16H2/b25-14-. The molecule has 0 spiro atoms. The molecule has 0 heterocycles. The normalized spacial score (nSPS) is 10.5. The van der Waals surface area contributed by atoms with Gasteiger partial charge in [-0.25, -0.2) is 4.39 Å². The molecule has 0 aliphatic rings. The summed E-state index contributed by atoms with van der Waals surface area (Å²) in [4.78, 5) is 5.32. The summed E-state index contributed by atoms with van der Waals surface area (Å²) in [5.41, 5.74) is 2.97. The van der Waals surface area contributed by atoms with Crippen LogP contribution in [0.2, 0.25) is 0 Å². The molecule has 0 bridgehead atoms. The van der Waals surface area contributed by atoms with Crippen molar-refractivity contribution < 1.29 is 14.0 Å². The van der Waals surface area contributed by atoms with E-state index in [9.17, 15) is 4.39 Å². The summed E-state index contributed by atoms with van der Waals surface area (Å²) in [5, 5.41) is 13.1. The Kier molecular flexibility index (Phi) is 6.16. The predicted octanol–water partition coefficient (Wildman–Crippen LogP) is 4.83. The molecule has 0 unspecified atom stereocenters. The van der Waals surface area contributed by atoms with E-state index in [0.29, 0.717) is 17.9 Å². The minimum atomic E-state index is -0.276. The number of hydrogen-bond acceptors (Lipinski definition) is 4. The average molecular weight is 360 g/mol. The van der Waals surface area contributed by atoms with Gasteiger partial charge in [-0.2, -0.15) is 5.26 Å². The van der Waals surface area contributed by atoms with E-state index in [4.69, 9.17) is 14.8 Å². The molecule has 0 radical (unpaired) electrons. The molecule has 27 heavy (non-hydrogen) atoms. The van der Waals surface area contributed by atoms with Crippen LogP contribution < -0.4 is 4.74 Å². The van der Waals surface area contributed by atoms with Crippen molar-refractivity contribution in [3.8, 4) is 11.8 Å². The molecule has 0 saturated heterocycles. The molecular formula is C22H17FN2O2. The van der Waals surface area contributed by atoms with Crippen LogP contribution in [-0.2, 0) is 18.1 Å². The summed E-state index contributed by atoms with van der Waals surface area (Å²) >= 11 is 0. The Labute approximate surface area is 157 Å². The molecule has 0 aromatic heterocycles. The molecule has 0 N–H and O–H groups in total. The number of benzene rings is 3. The summed E-state index contributed by atoms with van der Waals surface area (Å²) in [6.07, 6.45) is 1.56. The van der Waals surface area contributed by atoms with Gasteiger partial charge in [-0.05, 0) is 35.9 Å². The third kappa shape index (κ3) is 5.16. The minimum Gasteiger partial charge on any atom is -0.488 e.